The molecular formula is C23H21ClFN3O3S. The van der Waals surface area contributed by atoms with E-state index in [0.717, 1.165) is 21.6 Å². The second-order valence-electron chi connectivity index (χ2n) is 6.97. The van der Waals surface area contributed by atoms with Gasteiger partial charge in [-0.3, -0.25) is 4.79 Å². The van der Waals surface area contributed by atoms with E-state index in [-0.39, 0.29) is 17.0 Å². The van der Waals surface area contributed by atoms with Crippen LogP contribution in [0.15, 0.2) is 82.8 Å². The average molecular weight is 474 g/mol. The zero-order chi connectivity index (χ0) is 23.1. The fourth-order valence-electron chi connectivity index (χ4n) is 2.91. The van der Waals surface area contributed by atoms with Crippen LogP contribution in [0.2, 0.25) is 5.02 Å². The predicted molar refractivity (Wildman–Crippen MR) is 122 cm³/mol. The lowest BCUT2D eigenvalue weighted by Gasteiger charge is -2.22. The Kier molecular flexibility index (Phi) is 7.74. The van der Waals surface area contributed by atoms with Crippen LogP contribution in [-0.4, -0.2) is 31.4 Å². The summed E-state index contributed by atoms with van der Waals surface area (Å²) < 4.78 is 41.2. The predicted octanol–water partition coefficient (Wildman–Crippen LogP) is 4.13. The lowest BCUT2D eigenvalue weighted by Crippen LogP contribution is -2.39. The molecule has 0 radical (unpaired) electrons. The molecule has 0 aliphatic heterocycles. The Bertz CT molecular complexity index is 1230. The molecule has 0 saturated carbocycles. The van der Waals surface area contributed by atoms with Crippen LogP contribution in [0.1, 0.15) is 16.7 Å². The van der Waals surface area contributed by atoms with Gasteiger partial charge in [-0.05, 0) is 48.4 Å². The van der Waals surface area contributed by atoms with E-state index >= 15 is 0 Å². The van der Waals surface area contributed by atoms with Crippen molar-refractivity contribution in [2.24, 2.45) is 5.10 Å². The Morgan fingerprint density at radius 1 is 1.06 bits per heavy atom. The maximum Gasteiger partial charge on any atom is 0.255 e. The van der Waals surface area contributed by atoms with E-state index in [2.05, 4.69) is 10.5 Å². The summed E-state index contributed by atoms with van der Waals surface area (Å²) >= 11 is 5.88. The molecule has 3 aromatic rings. The van der Waals surface area contributed by atoms with Crippen molar-refractivity contribution in [3.63, 3.8) is 0 Å². The second kappa shape index (κ2) is 10.5. The third kappa shape index (κ3) is 6.00. The maximum absolute atomic E-state index is 13.7. The summed E-state index contributed by atoms with van der Waals surface area (Å²) in [6.45, 7) is 1.37. The highest BCUT2D eigenvalue weighted by molar-refractivity contribution is 7.89. The Hall–Kier alpha value is -3.07. The van der Waals surface area contributed by atoms with Gasteiger partial charge in [0, 0.05) is 17.1 Å². The summed E-state index contributed by atoms with van der Waals surface area (Å²) in [6, 6.07) is 19.0. The number of carbonyl (C=O) groups excluding carboxylic acids is 1. The Morgan fingerprint density at radius 2 is 1.72 bits per heavy atom. The Labute approximate surface area is 191 Å². The van der Waals surface area contributed by atoms with Crippen molar-refractivity contribution in [3.8, 4) is 0 Å². The maximum atomic E-state index is 13.7. The first-order valence-electron chi connectivity index (χ1n) is 9.64. The van der Waals surface area contributed by atoms with Crippen molar-refractivity contribution in [1.82, 2.24) is 9.73 Å². The highest BCUT2D eigenvalue weighted by atomic mass is 35.5. The van der Waals surface area contributed by atoms with Crippen LogP contribution in [0.5, 0.6) is 0 Å². The minimum Gasteiger partial charge on any atom is -0.272 e. The summed E-state index contributed by atoms with van der Waals surface area (Å²) in [5, 5.41) is 4.14. The minimum absolute atomic E-state index is 0.0118. The van der Waals surface area contributed by atoms with E-state index in [1.54, 1.807) is 18.2 Å². The van der Waals surface area contributed by atoms with Crippen LogP contribution >= 0.6 is 11.6 Å². The molecule has 0 atom stereocenters. The zero-order valence-electron chi connectivity index (χ0n) is 17.2. The average Bonchev–Trinajstić information content (AvgIpc) is 2.76. The number of hydrazone groups is 1. The number of sulfonamides is 1. The number of rotatable bonds is 8. The molecule has 0 aliphatic carbocycles. The molecule has 0 saturated heterocycles. The summed E-state index contributed by atoms with van der Waals surface area (Å²) in [7, 11) is -4.01. The van der Waals surface area contributed by atoms with E-state index in [1.807, 2.05) is 19.1 Å². The number of aryl methyl sites for hydroxylation is 1. The highest BCUT2D eigenvalue weighted by Crippen LogP contribution is 2.21. The minimum atomic E-state index is -4.01. The topological polar surface area (TPSA) is 78.8 Å². The van der Waals surface area contributed by atoms with Gasteiger partial charge in [0.15, 0.2) is 0 Å². The molecule has 0 fully saturated rings. The van der Waals surface area contributed by atoms with Gasteiger partial charge in [-0.2, -0.15) is 9.41 Å². The third-order valence-corrected chi connectivity index (χ3v) is 6.74. The van der Waals surface area contributed by atoms with E-state index in [0.29, 0.717) is 5.02 Å². The smallest absolute Gasteiger partial charge is 0.255 e. The first-order valence-corrected chi connectivity index (χ1v) is 11.5. The van der Waals surface area contributed by atoms with Crippen molar-refractivity contribution >= 4 is 33.7 Å². The fraction of sp³-hybridized carbons (Fsp3) is 0.130. The van der Waals surface area contributed by atoms with Gasteiger partial charge in [-0.25, -0.2) is 18.2 Å². The van der Waals surface area contributed by atoms with Gasteiger partial charge in [-0.15, -0.1) is 0 Å². The van der Waals surface area contributed by atoms with Gasteiger partial charge < -0.3 is 0 Å². The van der Waals surface area contributed by atoms with Crippen LogP contribution in [0, 0.1) is 12.7 Å². The van der Waals surface area contributed by atoms with Crippen molar-refractivity contribution in [1.29, 1.82) is 0 Å². The van der Waals surface area contributed by atoms with Crippen molar-refractivity contribution in [3.05, 3.63) is 100 Å². The van der Waals surface area contributed by atoms with Crippen LogP contribution in [0.4, 0.5) is 4.39 Å². The zero-order valence-corrected chi connectivity index (χ0v) is 18.8. The van der Waals surface area contributed by atoms with Crippen molar-refractivity contribution < 1.29 is 17.6 Å². The van der Waals surface area contributed by atoms with Crippen LogP contribution < -0.4 is 5.43 Å². The normalized spacial score (nSPS) is 11.8. The standard InChI is InChI=1S/C23H21ClFN3O3S/c1-17-6-2-3-8-19(17)15-28(32(30,31)21-12-10-20(24)11-13-21)16-23(29)27-26-14-18-7-4-5-9-22(18)25/h2-14H,15-16H2,1H3,(H,27,29)/b26-14-. The molecule has 1 amide bonds. The molecule has 166 valence electrons. The highest BCUT2D eigenvalue weighted by Gasteiger charge is 2.27. The van der Waals surface area contributed by atoms with E-state index in [1.165, 1.54) is 42.5 Å². The molecule has 3 rings (SSSR count). The van der Waals surface area contributed by atoms with E-state index in [9.17, 15) is 17.6 Å². The SMILES string of the molecule is Cc1ccccc1CN(CC(=O)N/N=C\c1ccccc1F)S(=O)(=O)c1ccc(Cl)cc1. The Balaban J connectivity index is 1.82. The lowest BCUT2D eigenvalue weighted by molar-refractivity contribution is -0.121. The molecule has 0 aliphatic rings. The summed E-state index contributed by atoms with van der Waals surface area (Å²) in [6.07, 6.45) is 1.16. The number of carbonyl (C=O) groups is 1. The van der Waals surface area contributed by atoms with Crippen LogP contribution in [-0.2, 0) is 21.4 Å². The van der Waals surface area contributed by atoms with Gasteiger partial charge in [0.05, 0.1) is 17.7 Å². The second-order valence-corrected chi connectivity index (χ2v) is 9.34. The molecule has 0 spiro atoms. The fourth-order valence-corrected chi connectivity index (χ4v) is 4.41. The number of benzene rings is 3. The number of halogens is 2. The molecule has 0 unspecified atom stereocenters. The van der Waals surface area contributed by atoms with Gasteiger partial charge in [-0.1, -0.05) is 54.1 Å². The monoisotopic (exact) mass is 473 g/mol. The van der Waals surface area contributed by atoms with Gasteiger partial charge >= 0.3 is 0 Å². The summed E-state index contributed by atoms with van der Waals surface area (Å²) in [4.78, 5) is 12.5. The molecule has 6 nitrogen and oxygen atoms in total. The van der Waals surface area contributed by atoms with Crippen LogP contribution in [0.25, 0.3) is 0 Å². The summed E-state index contributed by atoms with van der Waals surface area (Å²) in [5.74, 6) is -1.15. The number of hydrogen-bond donors (Lipinski definition) is 1. The van der Waals surface area contributed by atoms with Gasteiger partial charge in [0.2, 0.25) is 10.0 Å². The molecule has 0 aromatic heterocycles. The van der Waals surface area contributed by atoms with E-state index < -0.39 is 28.3 Å². The number of nitrogens with zero attached hydrogens (tertiary/aromatic N) is 2. The number of nitrogens with one attached hydrogen (secondary N) is 1. The van der Waals surface area contributed by atoms with Crippen molar-refractivity contribution in [2.45, 2.75) is 18.4 Å². The van der Waals surface area contributed by atoms with E-state index in [4.69, 9.17) is 11.6 Å². The van der Waals surface area contributed by atoms with Gasteiger partial charge in [0.1, 0.15) is 5.82 Å². The molecule has 3 aromatic carbocycles. The first kappa shape index (κ1) is 23.6. The molecule has 0 bridgehead atoms. The molecule has 0 heterocycles. The summed E-state index contributed by atoms with van der Waals surface area (Å²) in [5.41, 5.74) is 4.10. The van der Waals surface area contributed by atoms with Crippen molar-refractivity contribution in [2.75, 3.05) is 6.54 Å². The first-order chi connectivity index (χ1) is 15.3. The van der Waals surface area contributed by atoms with Crippen LogP contribution in [0.3, 0.4) is 0 Å². The van der Waals surface area contributed by atoms with Gasteiger partial charge in [0.25, 0.3) is 5.91 Å². The number of hydrogen-bond acceptors (Lipinski definition) is 4. The lowest BCUT2D eigenvalue weighted by atomic mass is 10.1. The molecule has 9 heteroatoms. The number of amides is 1. The largest absolute Gasteiger partial charge is 0.272 e. The quantitative estimate of drug-likeness (QED) is 0.394. The third-order valence-electron chi connectivity index (χ3n) is 4.68. The molecular weight excluding hydrogens is 453 g/mol. The molecule has 1 N–H and O–H groups in total. The molecule has 32 heavy (non-hydrogen) atoms. The Morgan fingerprint density at radius 3 is 2.41 bits per heavy atom.